The lowest BCUT2D eigenvalue weighted by molar-refractivity contribution is 0.977. The maximum absolute atomic E-state index is 4.69. The second-order valence-electron chi connectivity index (χ2n) is 4.41. The zero-order valence-electron chi connectivity index (χ0n) is 10.8. The fourth-order valence-electron chi connectivity index (χ4n) is 1.98. The minimum atomic E-state index is 0.989. The molecule has 2 aromatic rings. The lowest BCUT2D eigenvalue weighted by Gasteiger charge is -2.15. The Kier molecular flexibility index (Phi) is 4.48. The maximum Gasteiger partial charge on any atom is 0.0868 e. The molecule has 0 radical (unpaired) electrons. The van der Waals surface area contributed by atoms with Crippen LogP contribution in [0.3, 0.4) is 0 Å². The Morgan fingerprint density at radius 1 is 1.33 bits per heavy atom. The van der Waals surface area contributed by atoms with E-state index in [1.807, 2.05) is 0 Å². The fraction of sp³-hybridized carbons (Fsp3) is 0.357. The average molecular weight is 419 g/mol. The monoisotopic (exact) mass is 418 g/mol. The zero-order chi connectivity index (χ0) is 13.3. The van der Waals surface area contributed by atoms with Crippen molar-refractivity contribution in [3.05, 3.63) is 31.4 Å². The maximum atomic E-state index is 4.69. The number of aryl methyl sites for hydroxylation is 1. The molecule has 4 heteroatoms. The summed E-state index contributed by atoms with van der Waals surface area (Å²) in [4.78, 5) is 4.69. The van der Waals surface area contributed by atoms with E-state index in [2.05, 4.69) is 76.7 Å². The molecule has 0 spiro atoms. The molecule has 0 saturated carbocycles. The normalized spacial score (nSPS) is 10.9. The first-order valence-corrected chi connectivity index (χ1v) is 7.91. The minimum Gasteiger partial charge on any atom is -0.384 e. The van der Waals surface area contributed by atoms with Gasteiger partial charge in [0.05, 0.1) is 5.52 Å². The Balaban J connectivity index is 2.74. The molecule has 2 nitrogen and oxygen atoms in total. The van der Waals surface area contributed by atoms with Gasteiger partial charge in [-0.3, -0.25) is 4.98 Å². The number of halogens is 2. The van der Waals surface area contributed by atoms with E-state index in [1.165, 1.54) is 20.2 Å². The SMILES string of the molecule is CCCNc1c(C)c(C)nc2c(Br)cc(I)cc12. The molecule has 0 unspecified atom stereocenters. The first-order chi connectivity index (χ1) is 8.54. The summed E-state index contributed by atoms with van der Waals surface area (Å²) in [6.45, 7) is 7.37. The molecule has 0 fully saturated rings. The zero-order valence-corrected chi connectivity index (χ0v) is 14.5. The van der Waals surface area contributed by atoms with Gasteiger partial charge >= 0.3 is 0 Å². The molecule has 18 heavy (non-hydrogen) atoms. The molecule has 1 aromatic carbocycles. The molecule has 96 valence electrons. The van der Waals surface area contributed by atoms with E-state index in [9.17, 15) is 0 Å². The van der Waals surface area contributed by atoms with Crippen LogP contribution in [0.15, 0.2) is 16.6 Å². The highest BCUT2D eigenvalue weighted by atomic mass is 127. The quantitative estimate of drug-likeness (QED) is 0.706. The second kappa shape index (κ2) is 5.74. The van der Waals surface area contributed by atoms with Gasteiger partial charge in [-0.2, -0.15) is 0 Å². The summed E-state index contributed by atoms with van der Waals surface area (Å²) < 4.78 is 2.28. The van der Waals surface area contributed by atoms with Crippen LogP contribution in [-0.4, -0.2) is 11.5 Å². The molecule has 1 N–H and O–H groups in total. The summed E-state index contributed by atoms with van der Waals surface area (Å²) in [7, 11) is 0. The molecule has 0 saturated heterocycles. The summed E-state index contributed by atoms with van der Waals surface area (Å²) in [5.74, 6) is 0. The standard InChI is InChI=1S/C14H16BrIN2/c1-4-5-17-13-8(2)9(3)18-14-11(13)6-10(16)7-12(14)15/h6-7H,4-5H2,1-3H3,(H,17,18). The number of nitrogens with one attached hydrogen (secondary N) is 1. The predicted octanol–water partition coefficient (Wildman–Crippen LogP) is 5.04. The smallest absolute Gasteiger partial charge is 0.0868 e. The number of hydrogen-bond donors (Lipinski definition) is 1. The molecule has 0 aliphatic rings. The summed E-state index contributed by atoms with van der Waals surface area (Å²) in [5, 5.41) is 4.74. The molecular formula is C14H16BrIN2. The first kappa shape index (κ1) is 14.1. The molecule has 1 heterocycles. The van der Waals surface area contributed by atoms with Crippen LogP contribution >= 0.6 is 38.5 Å². The number of benzene rings is 1. The van der Waals surface area contributed by atoms with Crippen LogP contribution < -0.4 is 5.32 Å². The summed E-state index contributed by atoms with van der Waals surface area (Å²) in [6, 6.07) is 4.30. The Bertz CT molecular complexity index is 596. The highest BCUT2D eigenvalue weighted by Crippen LogP contribution is 2.33. The largest absolute Gasteiger partial charge is 0.384 e. The number of anilines is 1. The van der Waals surface area contributed by atoms with Crippen LogP contribution in [0.5, 0.6) is 0 Å². The van der Waals surface area contributed by atoms with Gasteiger partial charge in [-0.25, -0.2) is 0 Å². The van der Waals surface area contributed by atoms with E-state index in [-0.39, 0.29) is 0 Å². The van der Waals surface area contributed by atoms with Gasteiger partial charge in [0.1, 0.15) is 0 Å². The van der Waals surface area contributed by atoms with Gasteiger partial charge in [-0.05, 0) is 76.5 Å². The predicted molar refractivity (Wildman–Crippen MR) is 90.4 cm³/mol. The Labute approximate surface area is 130 Å². The number of nitrogens with zero attached hydrogens (tertiary/aromatic N) is 1. The van der Waals surface area contributed by atoms with Gasteiger partial charge in [-0.1, -0.05) is 6.92 Å². The molecule has 2 rings (SSSR count). The van der Waals surface area contributed by atoms with Crippen molar-refractivity contribution in [1.29, 1.82) is 0 Å². The number of fused-ring (bicyclic) bond motifs is 1. The van der Waals surface area contributed by atoms with Gasteiger partial charge in [0.2, 0.25) is 0 Å². The molecule has 0 atom stereocenters. The van der Waals surface area contributed by atoms with Gasteiger partial charge in [0.15, 0.2) is 0 Å². The van der Waals surface area contributed by atoms with Gasteiger partial charge in [0, 0.05) is 31.4 Å². The third-order valence-electron chi connectivity index (χ3n) is 3.05. The lowest BCUT2D eigenvalue weighted by atomic mass is 10.1. The van der Waals surface area contributed by atoms with Gasteiger partial charge in [-0.15, -0.1) is 0 Å². The van der Waals surface area contributed by atoms with Crippen molar-refractivity contribution in [2.45, 2.75) is 27.2 Å². The van der Waals surface area contributed by atoms with Crippen molar-refractivity contribution < 1.29 is 0 Å². The molecule has 0 bridgehead atoms. The van der Waals surface area contributed by atoms with Crippen molar-refractivity contribution in [1.82, 2.24) is 4.98 Å². The summed E-state index contributed by atoms with van der Waals surface area (Å²) in [5.41, 5.74) is 4.59. The van der Waals surface area contributed by atoms with E-state index in [1.54, 1.807) is 0 Å². The molecule has 0 aliphatic carbocycles. The van der Waals surface area contributed by atoms with Crippen LogP contribution in [0, 0.1) is 17.4 Å². The lowest BCUT2D eigenvalue weighted by Crippen LogP contribution is -2.05. The van der Waals surface area contributed by atoms with E-state index in [4.69, 9.17) is 4.98 Å². The Morgan fingerprint density at radius 3 is 2.72 bits per heavy atom. The highest BCUT2D eigenvalue weighted by molar-refractivity contribution is 14.1. The van der Waals surface area contributed by atoms with Crippen molar-refractivity contribution >= 4 is 55.1 Å². The third kappa shape index (κ3) is 2.64. The topological polar surface area (TPSA) is 24.9 Å². The number of rotatable bonds is 3. The number of hydrogen-bond acceptors (Lipinski definition) is 2. The van der Waals surface area contributed by atoms with E-state index >= 15 is 0 Å². The number of pyridine rings is 1. The number of aromatic nitrogens is 1. The van der Waals surface area contributed by atoms with E-state index in [0.29, 0.717) is 0 Å². The van der Waals surface area contributed by atoms with Crippen LogP contribution in [0.1, 0.15) is 24.6 Å². The Morgan fingerprint density at radius 2 is 2.06 bits per heavy atom. The highest BCUT2D eigenvalue weighted by Gasteiger charge is 2.11. The average Bonchev–Trinajstić information content (AvgIpc) is 2.31. The van der Waals surface area contributed by atoms with Gasteiger partial charge < -0.3 is 5.32 Å². The Hall–Kier alpha value is -0.360. The first-order valence-electron chi connectivity index (χ1n) is 6.04. The molecule has 0 amide bonds. The van der Waals surface area contributed by atoms with Crippen molar-refractivity contribution in [3.63, 3.8) is 0 Å². The minimum absolute atomic E-state index is 0.989. The molecular weight excluding hydrogens is 403 g/mol. The van der Waals surface area contributed by atoms with Crippen LogP contribution in [0.4, 0.5) is 5.69 Å². The van der Waals surface area contributed by atoms with E-state index in [0.717, 1.165) is 28.6 Å². The summed E-state index contributed by atoms with van der Waals surface area (Å²) in [6.07, 6.45) is 1.12. The summed E-state index contributed by atoms with van der Waals surface area (Å²) >= 11 is 5.96. The van der Waals surface area contributed by atoms with Crippen molar-refractivity contribution in [2.24, 2.45) is 0 Å². The molecule has 1 aromatic heterocycles. The molecule has 0 aliphatic heterocycles. The van der Waals surface area contributed by atoms with E-state index < -0.39 is 0 Å². The van der Waals surface area contributed by atoms with Crippen LogP contribution in [0.2, 0.25) is 0 Å². The van der Waals surface area contributed by atoms with Crippen molar-refractivity contribution in [2.75, 3.05) is 11.9 Å². The second-order valence-corrected chi connectivity index (χ2v) is 6.51. The van der Waals surface area contributed by atoms with Crippen molar-refractivity contribution in [3.8, 4) is 0 Å². The van der Waals surface area contributed by atoms with Gasteiger partial charge in [0.25, 0.3) is 0 Å². The van der Waals surface area contributed by atoms with Crippen LogP contribution in [-0.2, 0) is 0 Å². The fourth-order valence-corrected chi connectivity index (χ4v) is 3.58. The third-order valence-corrected chi connectivity index (χ3v) is 4.27. The van der Waals surface area contributed by atoms with Crippen LogP contribution in [0.25, 0.3) is 10.9 Å².